The van der Waals surface area contributed by atoms with E-state index < -0.39 is 26.0 Å². The zero-order valence-corrected chi connectivity index (χ0v) is 22.8. The quantitative estimate of drug-likeness (QED) is 0.241. The molecular formula is C26H40N3O7P. The molecule has 206 valence electrons. The van der Waals surface area contributed by atoms with E-state index in [1.54, 1.807) is 37.4 Å². The Morgan fingerprint density at radius 1 is 1.24 bits per heavy atom. The number of allylic oxidation sites excluding steroid dienone is 1. The van der Waals surface area contributed by atoms with Gasteiger partial charge in [0.25, 0.3) is 0 Å². The maximum absolute atomic E-state index is 12.6. The minimum atomic E-state index is -4.08. The summed E-state index contributed by atoms with van der Waals surface area (Å²) in [7, 11) is -4.08. The van der Waals surface area contributed by atoms with Crippen LogP contribution in [-0.2, 0) is 23.6 Å². The van der Waals surface area contributed by atoms with Crippen LogP contribution in [0.15, 0.2) is 54.4 Å². The van der Waals surface area contributed by atoms with E-state index in [0.717, 1.165) is 12.8 Å². The van der Waals surface area contributed by atoms with Gasteiger partial charge in [0.15, 0.2) is 0 Å². The molecule has 0 aromatic heterocycles. The normalized spacial score (nSPS) is 21.0. The number of amides is 1. The summed E-state index contributed by atoms with van der Waals surface area (Å²) in [5.74, 6) is -0.237. The Morgan fingerprint density at radius 2 is 1.97 bits per heavy atom. The molecule has 11 heteroatoms. The second-order valence-corrected chi connectivity index (χ2v) is 11.3. The van der Waals surface area contributed by atoms with Crippen molar-refractivity contribution in [3.05, 3.63) is 54.4 Å². The fourth-order valence-electron chi connectivity index (χ4n) is 4.09. The summed E-state index contributed by atoms with van der Waals surface area (Å²) in [5, 5.41) is 2.86. The Kier molecular flexibility index (Phi) is 10.9. The van der Waals surface area contributed by atoms with Crippen LogP contribution in [0.2, 0.25) is 0 Å². The Morgan fingerprint density at radius 3 is 2.65 bits per heavy atom. The molecule has 2 heterocycles. The van der Waals surface area contributed by atoms with Gasteiger partial charge in [-0.3, -0.25) is 0 Å². The van der Waals surface area contributed by atoms with Gasteiger partial charge in [-0.25, -0.2) is 0 Å². The van der Waals surface area contributed by atoms with E-state index in [4.69, 9.17) is 24.3 Å². The molecule has 1 aromatic rings. The number of para-hydroxylation sites is 1. The van der Waals surface area contributed by atoms with E-state index in [2.05, 4.69) is 18.9 Å². The molecule has 0 saturated carbocycles. The number of nitrogens with two attached hydrogens (primary N) is 1. The van der Waals surface area contributed by atoms with Gasteiger partial charge in [0.05, 0.1) is 0 Å². The van der Waals surface area contributed by atoms with Crippen LogP contribution >= 0.6 is 8.09 Å². The van der Waals surface area contributed by atoms with Crippen molar-refractivity contribution in [1.82, 2.24) is 9.99 Å². The average molecular weight is 538 g/mol. The average Bonchev–Trinajstić information content (AvgIpc) is 3.38. The molecule has 3 rings (SSSR count). The number of rotatable bonds is 14. The maximum atomic E-state index is 12.6. The standard InChI is InChI=1S/C26H40N3O7P/c1-4-20(5-2)17-33-26(31)19(3)28-37(32,36-22-11-7-6-8-12-22)34-18-23-13-14-24(35-23)29-15-9-10-21(16-29)25(27)30/h6-9,11-12,15-16,19-20,23-24,28,32,37H,4-5,10,13-14,17-18H2,1-3H3,(H2,27,30)/t19?,23?,24-/m1/s1. The first-order valence-electron chi connectivity index (χ1n) is 12.9. The molecule has 1 amide bonds. The molecule has 0 aliphatic carbocycles. The van der Waals surface area contributed by atoms with Crippen LogP contribution < -0.4 is 15.3 Å². The Labute approximate surface area is 219 Å². The number of nitrogens with one attached hydrogen (secondary N) is 1. The van der Waals surface area contributed by atoms with Crippen molar-refractivity contribution in [2.24, 2.45) is 11.7 Å². The van der Waals surface area contributed by atoms with E-state index in [1.165, 1.54) is 0 Å². The Balaban J connectivity index is 1.60. The van der Waals surface area contributed by atoms with Gasteiger partial charge in [-0.1, -0.05) is 0 Å². The van der Waals surface area contributed by atoms with Gasteiger partial charge < -0.3 is 0 Å². The number of carbonyl (C=O) groups excluding carboxylic acids is 2. The first kappa shape index (κ1) is 29.1. The summed E-state index contributed by atoms with van der Waals surface area (Å²) in [6, 6.07) is 7.95. The third-order valence-corrected chi connectivity index (χ3v) is 8.36. The van der Waals surface area contributed by atoms with Gasteiger partial charge in [-0.15, -0.1) is 0 Å². The second-order valence-electron chi connectivity index (χ2n) is 9.33. The van der Waals surface area contributed by atoms with Gasteiger partial charge in [-0.05, 0) is 0 Å². The van der Waals surface area contributed by atoms with Gasteiger partial charge in [0, 0.05) is 0 Å². The third kappa shape index (κ3) is 8.79. The van der Waals surface area contributed by atoms with Crippen LogP contribution in [-0.4, -0.2) is 53.3 Å². The number of nitrogens with zero attached hydrogens (tertiary/aromatic N) is 1. The van der Waals surface area contributed by atoms with Gasteiger partial charge in [0.2, 0.25) is 0 Å². The molecule has 2 aliphatic rings. The molecule has 2 unspecified atom stereocenters. The summed E-state index contributed by atoms with van der Waals surface area (Å²) in [5.41, 5.74) is 5.93. The monoisotopic (exact) mass is 537 g/mol. The van der Waals surface area contributed by atoms with Crippen molar-refractivity contribution in [2.75, 3.05) is 13.2 Å². The molecule has 2 aliphatic heterocycles. The summed E-state index contributed by atoms with van der Waals surface area (Å²) in [6.07, 6.45) is 8.53. The Hall–Kier alpha value is -2.49. The van der Waals surface area contributed by atoms with Crippen LogP contribution in [0.5, 0.6) is 5.75 Å². The first-order valence-corrected chi connectivity index (χ1v) is 14.6. The molecule has 10 nitrogen and oxygen atoms in total. The zero-order valence-electron chi connectivity index (χ0n) is 21.8. The number of hydrogen-bond acceptors (Lipinski definition) is 9. The number of carbonyl (C=O) groups is 2. The number of primary amides is 1. The predicted octanol–water partition coefficient (Wildman–Crippen LogP) is 3.54. The summed E-state index contributed by atoms with van der Waals surface area (Å²) >= 11 is 0. The van der Waals surface area contributed by atoms with E-state index in [-0.39, 0.29) is 18.9 Å². The zero-order chi connectivity index (χ0) is 26.8. The van der Waals surface area contributed by atoms with Gasteiger partial charge in [-0.2, -0.15) is 0 Å². The summed E-state index contributed by atoms with van der Waals surface area (Å²) in [6.45, 7) is 6.10. The first-order chi connectivity index (χ1) is 17.7. The molecule has 1 saturated heterocycles. The third-order valence-electron chi connectivity index (χ3n) is 6.49. The van der Waals surface area contributed by atoms with Crippen molar-refractivity contribution in [3.8, 4) is 5.75 Å². The molecule has 0 radical (unpaired) electrons. The molecule has 1 fully saturated rings. The van der Waals surface area contributed by atoms with Crippen molar-refractivity contribution < 1.29 is 33.0 Å². The fourth-order valence-corrected chi connectivity index (χ4v) is 5.82. The second kappa shape index (κ2) is 13.9. The number of benzene rings is 1. The van der Waals surface area contributed by atoms with E-state index >= 15 is 0 Å². The van der Waals surface area contributed by atoms with Crippen molar-refractivity contribution in [1.29, 1.82) is 0 Å². The van der Waals surface area contributed by atoms with Crippen molar-refractivity contribution >= 4 is 20.0 Å². The summed E-state index contributed by atoms with van der Waals surface area (Å²) < 4.78 is 23.3. The van der Waals surface area contributed by atoms with Crippen LogP contribution in [0.3, 0.4) is 0 Å². The SMILES string of the molecule is CCC(CC)COC(=O)C(C)N[PH](O)(OCC1CC[C@H](N2C=CCC(C(N)=O)=C2)O1)Oc1ccccc1. The van der Waals surface area contributed by atoms with E-state index in [9.17, 15) is 14.5 Å². The van der Waals surface area contributed by atoms with Gasteiger partial charge in [0.1, 0.15) is 0 Å². The molecule has 37 heavy (non-hydrogen) atoms. The van der Waals surface area contributed by atoms with E-state index in [1.807, 2.05) is 23.2 Å². The molecule has 3 atom stereocenters. The molecule has 0 spiro atoms. The molecule has 4 N–H and O–H groups in total. The van der Waals surface area contributed by atoms with Gasteiger partial charge >= 0.3 is 219 Å². The van der Waals surface area contributed by atoms with Crippen LogP contribution in [0.4, 0.5) is 0 Å². The Bertz CT molecular complexity index is 957. The number of esters is 1. The predicted molar refractivity (Wildman–Crippen MR) is 142 cm³/mol. The minimum absolute atomic E-state index is 0.0541. The molecular weight excluding hydrogens is 497 g/mol. The number of ether oxygens (including phenoxy) is 2. The van der Waals surface area contributed by atoms with Crippen LogP contribution in [0, 0.1) is 5.92 Å². The topological polar surface area (TPSA) is 133 Å². The van der Waals surface area contributed by atoms with Crippen LogP contribution in [0.25, 0.3) is 0 Å². The molecule has 0 bridgehead atoms. The fraction of sp³-hybridized carbons (Fsp3) is 0.538. The molecule has 1 aromatic carbocycles. The summed E-state index contributed by atoms with van der Waals surface area (Å²) in [4.78, 5) is 37.3. The number of hydrogen-bond donors (Lipinski definition) is 3. The van der Waals surface area contributed by atoms with Crippen molar-refractivity contribution in [2.45, 2.75) is 71.2 Å². The van der Waals surface area contributed by atoms with Crippen LogP contribution in [0.1, 0.15) is 52.9 Å². The van der Waals surface area contributed by atoms with E-state index in [0.29, 0.717) is 43.1 Å². The van der Waals surface area contributed by atoms with Crippen molar-refractivity contribution in [3.63, 3.8) is 0 Å².